The molecule has 2 saturated heterocycles. The van der Waals surface area contributed by atoms with Crippen LogP contribution in [-0.2, 0) is 4.74 Å². The summed E-state index contributed by atoms with van der Waals surface area (Å²) in [6.07, 6.45) is 7.37. The number of likely N-dealkylation sites (tertiary alicyclic amines) is 2. The Kier molecular flexibility index (Phi) is 5.68. The topological polar surface area (TPSA) is 57.2 Å². The van der Waals surface area contributed by atoms with E-state index in [9.17, 15) is 4.79 Å². The Hall–Kier alpha value is -1.46. The lowest BCUT2D eigenvalue weighted by molar-refractivity contribution is 0.0185. The molecule has 0 atom stereocenters. The largest absolute Gasteiger partial charge is 0.444 e. The Balaban J connectivity index is 1.40. The first-order valence-corrected chi connectivity index (χ1v) is 10.2. The Morgan fingerprint density at radius 1 is 1.15 bits per heavy atom. The van der Waals surface area contributed by atoms with Crippen LogP contribution in [0.15, 0.2) is 4.99 Å². The van der Waals surface area contributed by atoms with E-state index in [1.165, 1.54) is 32.2 Å². The van der Waals surface area contributed by atoms with Crippen molar-refractivity contribution in [2.75, 3.05) is 39.8 Å². The molecule has 3 aliphatic rings. The highest BCUT2D eigenvalue weighted by atomic mass is 16.6. The summed E-state index contributed by atoms with van der Waals surface area (Å²) in [6, 6.07) is 0. The van der Waals surface area contributed by atoms with Crippen LogP contribution in [0.25, 0.3) is 0 Å². The highest BCUT2D eigenvalue weighted by molar-refractivity contribution is 5.80. The molecule has 1 saturated carbocycles. The van der Waals surface area contributed by atoms with Crippen LogP contribution in [0, 0.1) is 11.3 Å². The summed E-state index contributed by atoms with van der Waals surface area (Å²) in [5.74, 6) is 1.65. The summed E-state index contributed by atoms with van der Waals surface area (Å²) in [6.45, 7) is 10.6. The van der Waals surface area contributed by atoms with E-state index in [0.29, 0.717) is 11.3 Å². The van der Waals surface area contributed by atoms with Gasteiger partial charge in [-0.15, -0.1) is 0 Å². The molecule has 0 unspecified atom stereocenters. The zero-order valence-electron chi connectivity index (χ0n) is 17.0. The van der Waals surface area contributed by atoms with E-state index in [1.54, 1.807) is 0 Å². The third-order valence-corrected chi connectivity index (χ3v) is 6.18. The molecule has 0 bridgehead atoms. The van der Waals surface area contributed by atoms with Crippen LogP contribution in [0.4, 0.5) is 4.79 Å². The van der Waals surface area contributed by atoms with Crippen molar-refractivity contribution < 1.29 is 9.53 Å². The van der Waals surface area contributed by atoms with E-state index in [0.717, 1.165) is 45.0 Å². The molecule has 1 aliphatic carbocycles. The first-order chi connectivity index (χ1) is 12.3. The molecule has 6 heteroatoms. The lowest BCUT2D eigenvalue weighted by Crippen LogP contribution is -2.46. The molecule has 2 aliphatic heterocycles. The van der Waals surface area contributed by atoms with Crippen molar-refractivity contribution in [3.8, 4) is 0 Å². The molecule has 0 aromatic rings. The number of guanidine groups is 1. The highest BCUT2D eigenvalue weighted by Crippen LogP contribution is 2.47. The zero-order chi connectivity index (χ0) is 18.8. The molecule has 0 aromatic heterocycles. The van der Waals surface area contributed by atoms with Crippen LogP contribution in [-0.4, -0.2) is 67.2 Å². The molecule has 1 N–H and O–H groups in total. The van der Waals surface area contributed by atoms with E-state index in [4.69, 9.17) is 4.74 Å². The maximum atomic E-state index is 12.2. The number of hydrogen-bond acceptors (Lipinski definition) is 3. The number of hydrogen-bond donors (Lipinski definition) is 1. The SMILES string of the molecule is CN=C(NCC1CCN(C(=O)OC(C)(C)C)CC1)N1CCC2(CCC2)C1. The monoisotopic (exact) mass is 364 g/mol. The average Bonchev–Trinajstić information content (AvgIpc) is 3.00. The van der Waals surface area contributed by atoms with Crippen LogP contribution in [0.1, 0.15) is 59.3 Å². The van der Waals surface area contributed by atoms with Gasteiger partial charge in [0.2, 0.25) is 0 Å². The molecule has 3 fully saturated rings. The molecular formula is C20H36N4O2. The fourth-order valence-corrected chi connectivity index (χ4v) is 4.41. The van der Waals surface area contributed by atoms with Crippen molar-refractivity contribution >= 4 is 12.1 Å². The number of aliphatic imine (C=N–C) groups is 1. The third kappa shape index (κ3) is 4.63. The first kappa shape index (κ1) is 19.3. The smallest absolute Gasteiger partial charge is 0.410 e. The summed E-state index contributed by atoms with van der Waals surface area (Å²) in [4.78, 5) is 21.0. The van der Waals surface area contributed by atoms with Gasteiger partial charge in [0, 0.05) is 39.8 Å². The quantitative estimate of drug-likeness (QED) is 0.604. The highest BCUT2D eigenvalue weighted by Gasteiger charge is 2.43. The summed E-state index contributed by atoms with van der Waals surface area (Å²) in [5.41, 5.74) is 0.173. The Morgan fingerprint density at radius 2 is 1.85 bits per heavy atom. The van der Waals surface area contributed by atoms with Crippen molar-refractivity contribution in [1.29, 1.82) is 0 Å². The van der Waals surface area contributed by atoms with E-state index < -0.39 is 5.60 Å². The minimum Gasteiger partial charge on any atom is -0.444 e. The lowest BCUT2D eigenvalue weighted by atomic mass is 9.68. The summed E-state index contributed by atoms with van der Waals surface area (Å²) in [5, 5.41) is 3.59. The van der Waals surface area contributed by atoms with E-state index >= 15 is 0 Å². The molecule has 0 radical (unpaired) electrons. The second-order valence-corrected chi connectivity index (χ2v) is 9.36. The van der Waals surface area contributed by atoms with Crippen molar-refractivity contribution in [3.05, 3.63) is 0 Å². The van der Waals surface area contributed by atoms with Gasteiger partial charge in [-0.05, 0) is 64.2 Å². The predicted octanol–water partition coefficient (Wildman–Crippen LogP) is 3.08. The van der Waals surface area contributed by atoms with Gasteiger partial charge in [-0.2, -0.15) is 0 Å². The van der Waals surface area contributed by atoms with Crippen molar-refractivity contribution in [2.45, 2.75) is 64.9 Å². The number of nitrogens with zero attached hydrogens (tertiary/aromatic N) is 3. The maximum Gasteiger partial charge on any atom is 0.410 e. The predicted molar refractivity (Wildman–Crippen MR) is 104 cm³/mol. The van der Waals surface area contributed by atoms with Crippen LogP contribution < -0.4 is 5.32 Å². The van der Waals surface area contributed by atoms with Gasteiger partial charge < -0.3 is 19.9 Å². The fourth-order valence-electron chi connectivity index (χ4n) is 4.41. The molecule has 0 aromatic carbocycles. The number of rotatable bonds is 2. The van der Waals surface area contributed by atoms with Crippen molar-refractivity contribution in [3.63, 3.8) is 0 Å². The number of amides is 1. The summed E-state index contributed by atoms with van der Waals surface area (Å²) < 4.78 is 5.48. The zero-order valence-corrected chi connectivity index (χ0v) is 17.0. The number of carbonyl (C=O) groups excluding carboxylic acids is 1. The lowest BCUT2D eigenvalue weighted by Gasteiger charge is -2.38. The van der Waals surface area contributed by atoms with Gasteiger partial charge in [-0.1, -0.05) is 6.42 Å². The standard InChI is InChI=1S/C20H36N4O2/c1-19(2,3)26-18(25)23-11-6-16(7-12-23)14-22-17(21-4)24-13-10-20(15-24)8-5-9-20/h16H,5-15H2,1-4H3,(H,21,22). The van der Waals surface area contributed by atoms with E-state index in [2.05, 4.69) is 15.2 Å². The minimum atomic E-state index is -0.421. The molecule has 1 amide bonds. The Morgan fingerprint density at radius 3 is 2.35 bits per heavy atom. The van der Waals surface area contributed by atoms with Gasteiger partial charge in [0.25, 0.3) is 0 Å². The Labute approximate surface area is 158 Å². The molecule has 6 nitrogen and oxygen atoms in total. The van der Waals surface area contributed by atoms with Gasteiger partial charge >= 0.3 is 6.09 Å². The fraction of sp³-hybridized carbons (Fsp3) is 0.900. The number of nitrogens with one attached hydrogen (secondary N) is 1. The van der Waals surface area contributed by atoms with Gasteiger partial charge in [0.1, 0.15) is 5.60 Å². The molecule has 2 heterocycles. The molecular weight excluding hydrogens is 328 g/mol. The third-order valence-electron chi connectivity index (χ3n) is 6.18. The van der Waals surface area contributed by atoms with E-state index in [-0.39, 0.29) is 6.09 Å². The van der Waals surface area contributed by atoms with Crippen molar-refractivity contribution in [1.82, 2.24) is 15.1 Å². The van der Waals surface area contributed by atoms with Gasteiger partial charge in [0.05, 0.1) is 0 Å². The molecule has 26 heavy (non-hydrogen) atoms. The van der Waals surface area contributed by atoms with Gasteiger partial charge in [-0.25, -0.2) is 4.79 Å². The summed E-state index contributed by atoms with van der Waals surface area (Å²) >= 11 is 0. The second-order valence-electron chi connectivity index (χ2n) is 9.36. The number of ether oxygens (including phenoxy) is 1. The minimum absolute atomic E-state index is 0.178. The van der Waals surface area contributed by atoms with Gasteiger partial charge in [0.15, 0.2) is 5.96 Å². The normalized spacial score (nSPS) is 23.9. The Bertz CT molecular complexity index is 528. The maximum absolute atomic E-state index is 12.2. The summed E-state index contributed by atoms with van der Waals surface area (Å²) in [7, 11) is 1.89. The molecule has 148 valence electrons. The number of piperidine rings is 1. The molecule has 3 rings (SSSR count). The number of carbonyl (C=O) groups is 1. The average molecular weight is 365 g/mol. The van der Waals surface area contributed by atoms with E-state index in [1.807, 2.05) is 32.7 Å². The second kappa shape index (κ2) is 7.65. The van der Waals surface area contributed by atoms with Crippen molar-refractivity contribution in [2.24, 2.45) is 16.3 Å². The van der Waals surface area contributed by atoms with Crippen LogP contribution >= 0.6 is 0 Å². The first-order valence-electron chi connectivity index (χ1n) is 10.2. The van der Waals surface area contributed by atoms with Gasteiger partial charge in [-0.3, -0.25) is 4.99 Å². The van der Waals surface area contributed by atoms with Crippen LogP contribution in [0.5, 0.6) is 0 Å². The van der Waals surface area contributed by atoms with Crippen LogP contribution in [0.2, 0.25) is 0 Å². The molecule has 1 spiro atoms. The van der Waals surface area contributed by atoms with Crippen LogP contribution in [0.3, 0.4) is 0 Å².